The van der Waals surface area contributed by atoms with Crippen molar-refractivity contribution in [3.63, 3.8) is 0 Å². The summed E-state index contributed by atoms with van der Waals surface area (Å²) in [7, 11) is 0. The van der Waals surface area contributed by atoms with Gasteiger partial charge in [0, 0.05) is 12.6 Å². The van der Waals surface area contributed by atoms with E-state index in [1.807, 2.05) is 18.2 Å². The first-order valence-electron chi connectivity index (χ1n) is 4.51. The maximum absolute atomic E-state index is 11.5. The third kappa shape index (κ3) is 0.807. The number of para-hydroxylation sites is 1. The second kappa shape index (κ2) is 2.42. The Kier molecular flexibility index (Phi) is 1.33. The van der Waals surface area contributed by atoms with Crippen molar-refractivity contribution in [3.05, 3.63) is 40.3 Å². The van der Waals surface area contributed by atoms with Crippen LogP contribution in [0, 0.1) is 0 Å². The number of nitrogens with zero attached hydrogens (tertiary/aromatic N) is 2. The normalized spacial score (nSPS) is 19.1. The van der Waals surface area contributed by atoms with Crippen LogP contribution in [-0.4, -0.2) is 9.55 Å². The summed E-state index contributed by atoms with van der Waals surface area (Å²) in [4.78, 5) is 15.6. The standard InChI is InChI=1S/C10H9N3O/c11-7-5-13-9(14)4-12-8-3-1-2-6(7)10(8)13/h1-4,7H,5,11H2/t7-/m0/s1. The quantitative estimate of drug-likeness (QED) is 0.649. The molecule has 1 aliphatic rings. The van der Waals surface area contributed by atoms with Gasteiger partial charge in [0.05, 0.1) is 17.2 Å². The van der Waals surface area contributed by atoms with Gasteiger partial charge in [0.1, 0.15) is 0 Å². The molecule has 1 aromatic heterocycles. The zero-order chi connectivity index (χ0) is 9.71. The molecule has 0 unspecified atom stereocenters. The van der Waals surface area contributed by atoms with Crippen LogP contribution >= 0.6 is 0 Å². The SMILES string of the molecule is N[C@H]1Cn2c(=O)cnc3cccc1c32. The van der Waals surface area contributed by atoms with Gasteiger partial charge in [0.15, 0.2) is 0 Å². The molecule has 3 rings (SSSR count). The van der Waals surface area contributed by atoms with E-state index in [9.17, 15) is 4.79 Å². The van der Waals surface area contributed by atoms with Crippen molar-refractivity contribution >= 4 is 11.0 Å². The zero-order valence-corrected chi connectivity index (χ0v) is 7.47. The van der Waals surface area contributed by atoms with E-state index in [-0.39, 0.29) is 11.6 Å². The van der Waals surface area contributed by atoms with Gasteiger partial charge in [-0.05, 0) is 11.6 Å². The molecule has 0 spiro atoms. The van der Waals surface area contributed by atoms with Gasteiger partial charge >= 0.3 is 0 Å². The van der Waals surface area contributed by atoms with Gasteiger partial charge in [-0.3, -0.25) is 4.79 Å². The van der Waals surface area contributed by atoms with Crippen LogP contribution in [0.3, 0.4) is 0 Å². The molecular formula is C10H9N3O. The van der Waals surface area contributed by atoms with Crippen molar-refractivity contribution < 1.29 is 0 Å². The van der Waals surface area contributed by atoms with Crippen LogP contribution < -0.4 is 11.3 Å². The lowest BCUT2D eigenvalue weighted by molar-refractivity contribution is 0.619. The average Bonchev–Trinajstić information content (AvgIpc) is 2.53. The fourth-order valence-electron chi connectivity index (χ4n) is 2.03. The first-order valence-corrected chi connectivity index (χ1v) is 4.51. The fraction of sp³-hybridized carbons (Fsp3) is 0.200. The van der Waals surface area contributed by atoms with Crippen LogP contribution in [0.25, 0.3) is 11.0 Å². The summed E-state index contributed by atoms with van der Waals surface area (Å²) in [6, 6.07) is 5.70. The number of hydrogen-bond acceptors (Lipinski definition) is 3. The van der Waals surface area contributed by atoms with Crippen molar-refractivity contribution in [2.45, 2.75) is 12.6 Å². The summed E-state index contributed by atoms with van der Waals surface area (Å²) in [6.45, 7) is 0.567. The predicted molar refractivity (Wildman–Crippen MR) is 52.9 cm³/mol. The lowest BCUT2D eigenvalue weighted by Gasteiger charge is -2.00. The average molecular weight is 187 g/mol. The van der Waals surface area contributed by atoms with Gasteiger partial charge in [0.2, 0.25) is 0 Å². The molecule has 0 amide bonds. The Hall–Kier alpha value is -1.68. The largest absolute Gasteiger partial charge is 0.322 e. The van der Waals surface area contributed by atoms with Crippen molar-refractivity contribution in [1.82, 2.24) is 9.55 Å². The molecule has 2 heterocycles. The Morgan fingerprint density at radius 1 is 1.50 bits per heavy atom. The highest BCUT2D eigenvalue weighted by Gasteiger charge is 2.21. The van der Waals surface area contributed by atoms with Gasteiger partial charge in [-0.15, -0.1) is 0 Å². The Morgan fingerprint density at radius 2 is 2.36 bits per heavy atom. The number of rotatable bonds is 0. The molecule has 0 bridgehead atoms. The van der Waals surface area contributed by atoms with Crippen LogP contribution in [0.2, 0.25) is 0 Å². The fourth-order valence-corrected chi connectivity index (χ4v) is 2.03. The highest BCUT2D eigenvalue weighted by Crippen LogP contribution is 2.27. The Labute approximate surface area is 80.0 Å². The second-order valence-electron chi connectivity index (χ2n) is 3.53. The number of benzene rings is 1. The number of aromatic nitrogens is 2. The molecular weight excluding hydrogens is 178 g/mol. The van der Waals surface area contributed by atoms with Crippen molar-refractivity contribution in [3.8, 4) is 0 Å². The summed E-state index contributed by atoms with van der Waals surface area (Å²) in [5, 5.41) is 0. The molecule has 2 N–H and O–H groups in total. The van der Waals surface area contributed by atoms with E-state index in [4.69, 9.17) is 5.73 Å². The Morgan fingerprint density at radius 3 is 3.21 bits per heavy atom. The van der Waals surface area contributed by atoms with Crippen LogP contribution in [0.15, 0.2) is 29.2 Å². The Bertz CT molecular complexity index is 573. The van der Waals surface area contributed by atoms with Crippen LogP contribution in [0.1, 0.15) is 11.6 Å². The number of hydrogen-bond donors (Lipinski definition) is 1. The molecule has 0 aliphatic carbocycles. The molecule has 0 saturated heterocycles. The minimum Gasteiger partial charge on any atom is -0.322 e. The minimum absolute atomic E-state index is 0.0714. The molecule has 1 aromatic carbocycles. The molecule has 2 aromatic rings. The molecule has 1 aliphatic heterocycles. The molecule has 4 heteroatoms. The van der Waals surface area contributed by atoms with Crippen LogP contribution in [0.4, 0.5) is 0 Å². The van der Waals surface area contributed by atoms with Crippen LogP contribution in [0.5, 0.6) is 0 Å². The summed E-state index contributed by atoms with van der Waals surface area (Å²) >= 11 is 0. The molecule has 70 valence electrons. The summed E-state index contributed by atoms with van der Waals surface area (Å²) in [5.41, 5.74) is 8.61. The first kappa shape index (κ1) is 7.70. The summed E-state index contributed by atoms with van der Waals surface area (Å²) < 4.78 is 1.70. The van der Waals surface area contributed by atoms with E-state index in [0.717, 1.165) is 16.6 Å². The smallest absolute Gasteiger partial charge is 0.269 e. The summed E-state index contributed by atoms with van der Waals surface area (Å²) in [5.74, 6) is 0. The molecule has 14 heavy (non-hydrogen) atoms. The molecule has 4 nitrogen and oxygen atoms in total. The maximum atomic E-state index is 11.5. The molecule has 0 fully saturated rings. The van der Waals surface area contributed by atoms with Crippen molar-refractivity contribution in [1.29, 1.82) is 0 Å². The minimum atomic E-state index is -0.0735. The van der Waals surface area contributed by atoms with E-state index in [1.54, 1.807) is 4.57 Å². The Balaban J connectivity index is 2.58. The lowest BCUT2D eigenvalue weighted by Crippen LogP contribution is -2.20. The highest BCUT2D eigenvalue weighted by molar-refractivity contribution is 5.80. The van der Waals surface area contributed by atoms with Gasteiger partial charge < -0.3 is 10.3 Å². The van der Waals surface area contributed by atoms with Gasteiger partial charge in [-0.2, -0.15) is 0 Å². The van der Waals surface area contributed by atoms with Crippen LogP contribution in [-0.2, 0) is 6.54 Å². The summed E-state index contributed by atoms with van der Waals surface area (Å²) in [6.07, 6.45) is 1.35. The van der Waals surface area contributed by atoms with E-state index in [0.29, 0.717) is 6.54 Å². The van der Waals surface area contributed by atoms with Crippen molar-refractivity contribution in [2.75, 3.05) is 0 Å². The highest BCUT2D eigenvalue weighted by atomic mass is 16.1. The first-order chi connectivity index (χ1) is 6.77. The van der Waals surface area contributed by atoms with Crippen molar-refractivity contribution in [2.24, 2.45) is 5.73 Å². The van der Waals surface area contributed by atoms with Gasteiger partial charge in [0.25, 0.3) is 5.56 Å². The van der Waals surface area contributed by atoms with Gasteiger partial charge in [-0.25, -0.2) is 4.98 Å². The van der Waals surface area contributed by atoms with Gasteiger partial charge in [-0.1, -0.05) is 12.1 Å². The topological polar surface area (TPSA) is 60.9 Å². The van der Waals surface area contributed by atoms with E-state index in [1.165, 1.54) is 6.20 Å². The number of nitrogens with two attached hydrogens (primary N) is 1. The third-order valence-electron chi connectivity index (χ3n) is 2.67. The lowest BCUT2D eigenvalue weighted by atomic mass is 10.1. The second-order valence-corrected chi connectivity index (χ2v) is 3.53. The van der Waals surface area contributed by atoms with E-state index in [2.05, 4.69) is 4.98 Å². The molecule has 1 atom stereocenters. The van der Waals surface area contributed by atoms with E-state index >= 15 is 0 Å². The maximum Gasteiger partial charge on any atom is 0.269 e. The molecule has 0 saturated carbocycles. The predicted octanol–water partition coefficient (Wildman–Crippen LogP) is 0.410. The van der Waals surface area contributed by atoms with E-state index < -0.39 is 0 Å². The third-order valence-corrected chi connectivity index (χ3v) is 2.67. The molecule has 0 radical (unpaired) electrons. The monoisotopic (exact) mass is 187 g/mol. The zero-order valence-electron chi connectivity index (χ0n) is 7.47.